The van der Waals surface area contributed by atoms with Crippen LogP contribution in [0.4, 0.5) is 0 Å². The molecule has 2 aromatic heterocycles. The maximum absolute atomic E-state index is 12.9. The van der Waals surface area contributed by atoms with Crippen molar-refractivity contribution >= 4 is 23.2 Å². The van der Waals surface area contributed by atoms with Gasteiger partial charge in [0.15, 0.2) is 0 Å². The third kappa shape index (κ3) is 4.90. The van der Waals surface area contributed by atoms with Crippen molar-refractivity contribution in [1.29, 1.82) is 0 Å². The lowest BCUT2D eigenvalue weighted by molar-refractivity contribution is -0.123. The molecule has 144 valence electrons. The Morgan fingerprint density at radius 2 is 1.96 bits per heavy atom. The minimum absolute atomic E-state index is 0.0125. The van der Waals surface area contributed by atoms with Gasteiger partial charge in [-0.15, -0.1) is 11.3 Å². The van der Waals surface area contributed by atoms with E-state index in [-0.39, 0.29) is 17.9 Å². The van der Waals surface area contributed by atoms with E-state index in [9.17, 15) is 9.59 Å². The smallest absolute Gasteiger partial charge is 0.265 e. The van der Waals surface area contributed by atoms with Crippen LogP contribution in [0.1, 0.15) is 29.2 Å². The minimum atomic E-state index is 0.0125. The van der Waals surface area contributed by atoms with Crippen molar-refractivity contribution in [2.75, 3.05) is 32.7 Å². The molecule has 0 bridgehead atoms. The summed E-state index contributed by atoms with van der Waals surface area (Å²) in [6.45, 7) is 8.76. The summed E-state index contributed by atoms with van der Waals surface area (Å²) in [6, 6.07) is 5.81. The molecule has 3 heterocycles. The molecule has 1 N–H and O–H groups in total. The summed E-state index contributed by atoms with van der Waals surface area (Å²) in [6.07, 6.45) is 1.72. The quantitative estimate of drug-likeness (QED) is 0.846. The molecule has 0 atom stereocenters. The zero-order valence-corrected chi connectivity index (χ0v) is 16.8. The average molecular weight is 388 g/mol. The number of piperazine rings is 1. The maximum Gasteiger partial charge on any atom is 0.265 e. The van der Waals surface area contributed by atoms with Gasteiger partial charge in [-0.2, -0.15) is 0 Å². The number of pyridine rings is 1. The molecule has 3 rings (SSSR count). The highest BCUT2D eigenvalue weighted by atomic mass is 32.1. The van der Waals surface area contributed by atoms with E-state index in [0.717, 1.165) is 16.4 Å². The molecule has 2 amide bonds. The van der Waals surface area contributed by atoms with Gasteiger partial charge in [0, 0.05) is 38.4 Å². The van der Waals surface area contributed by atoms with Crippen molar-refractivity contribution in [3.63, 3.8) is 0 Å². The number of thiazole rings is 1. The molecule has 0 unspecified atom stereocenters. The Kier molecular flexibility index (Phi) is 6.18. The molecule has 0 radical (unpaired) electrons. The van der Waals surface area contributed by atoms with Gasteiger partial charge in [0.05, 0.1) is 17.9 Å². The van der Waals surface area contributed by atoms with Gasteiger partial charge in [0.2, 0.25) is 5.91 Å². The van der Waals surface area contributed by atoms with Crippen LogP contribution in [0.2, 0.25) is 0 Å². The molecule has 0 saturated carbocycles. The first-order valence-electron chi connectivity index (χ1n) is 9.14. The number of rotatable bonds is 5. The first kappa shape index (κ1) is 19.4. The molecule has 1 saturated heterocycles. The number of hydrogen-bond donors (Lipinski definition) is 1. The predicted molar refractivity (Wildman–Crippen MR) is 106 cm³/mol. The number of amides is 2. The Hall–Kier alpha value is -2.32. The standard InChI is InChI=1S/C19H25N5O2S/c1-13(2)21-16(25)12-23-8-10-24(11-9-23)19(26)17-14(3)22-18(27-17)15-6-4-5-7-20-15/h4-7,13H,8-12H2,1-3H3,(H,21,25). The fourth-order valence-corrected chi connectivity index (χ4v) is 4.03. The zero-order valence-electron chi connectivity index (χ0n) is 15.9. The van der Waals surface area contributed by atoms with Crippen molar-refractivity contribution < 1.29 is 9.59 Å². The molecule has 8 heteroatoms. The minimum Gasteiger partial charge on any atom is -0.353 e. The van der Waals surface area contributed by atoms with Gasteiger partial charge in [0.1, 0.15) is 9.88 Å². The van der Waals surface area contributed by atoms with Gasteiger partial charge >= 0.3 is 0 Å². The lowest BCUT2D eigenvalue weighted by Gasteiger charge is -2.34. The molecular formula is C19H25N5O2S. The van der Waals surface area contributed by atoms with Gasteiger partial charge in [0.25, 0.3) is 5.91 Å². The fraction of sp³-hybridized carbons (Fsp3) is 0.474. The van der Waals surface area contributed by atoms with Crippen molar-refractivity contribution in [2.24, 2.45) is 0 Å². The van der Waals surface area contributed by atoms with Crippen LogP contribution >= 0.6 is 11.3 Å². The van der Waals surface area contributed by atoms with Crippen molar-refractivity contribution in [3.8, 4) is 10.7 Å². The molecule has 0 spiro atoms. The Morgan fingerprint density at radius 3 is 2.59 bits per heavy atom. The summed E-state index contributed by atoms with van der Waals surface area (Å²) in [5.74, 6) is 0.0431. The summed E-state index contributed by atoms with van der Waals surface area (Å²) in [5, 5.41) is 3.67. The third-order valence-corrected chi connectivity index (χ3v) is 5.52. The Morgan fingerprint density at radius 1 is 1.22 bits per heavy atom. The second kappa shape index (κ2) is 8.58. The predicted octanol–water partition coefficient (Wildman–Crippen LogP) is 1.80. The second-order valence-electron chi connectivity index (χ2n) is 6.94. The van der Waals surface area contributed by atoms with Gasteiger partial charge < -0.3 is 10.2 Å². The number of hydrogen-bond acceptors (Lipinski definition) is 6. The first-order valence-corrected chi connectivity index (χ1v) is 9.95. The molecule has 0 aromatic carbocycles. The molecule has 1 aliphatic heterocycles. The van der Waals surface area contributed by atoms with Crippen LogP contribution in [-0.2, 0) is 4.79 Å². The van der Waals surface area contributed by atoms with Crippen LogP contribution < -0.4 is 5.32 Å². The normalized spacial score (nSPS) is 15.2. The highest BCUT2D eigenvalue weighted by Gasteiger charge is 2.26. The van der Waals surface area contributed by atoms with E-state index < -0.39 is 0 Å². The molecule has 1 aliphatic rings. The van der Waals surface area contributed by atoms with E-state index in [1.165, 1.54) is 11.3 Å². The average Bonchev–Trinajstić information content (AvgIpc) is 3.03. The van der Waals surface area contributed by atoms with Crippen LogP contribution in [0, 0.1) is 6.92 Å². The first-order chi connectivity index (χ1) is 12.9. The zero-order chi connectivity index (χ0) is 19.4. The summed E-state index contributed by atoms with van der Waals surface area (Å²) in [4.78, 5) is 38.2. The Labute approximate surface area is 163 Å². The van der Waals surface area contributed by atoms with E-state index >= 15 is 0 Å². The lowest BCUT2D eigenvalue weighted by Crippen LogP contribution is -2.51. The molecule has 1 fully saturated rings. The highest BCUT2D eigenvalue weighted by molar-refractivity contribution is 7.17. The van der Waals surface area contributed by atoms with Crippen LogP contribution in [0.25, 0.3) is 10.7 Å². The van der Waals surface area contributed by atoms with E-state index in [4.69, 9.17) is 0 Å². The van der Waals surface area contributed by atoms with Crippen LogP contribution in [0.3, 0.4) is 0 Å². The number of nitrogens with one attached hydrogen (secondary N) is 1. The van der Waals surface area contributed by atoms with Gasteiger partial charge in [-0.3, -0.25) is 19.5 Å². The highest BCUT2D eigenvalue weighted by Crippen LogP contribution is 2.27. The van der Waals surface area contributed by atoms with Crippen LogP contribution in [0.15, 0.2) is 24.4 Å². The number of carbonyl (C=O) groups is 2. The molecule has 0 aliphatic carbocycles. The number of aromatic nitrogens is 2. The lowest BCUT2D eigenvalue weighted by atomic mass is 10.2. The Bertz CT molecular complexity index is 798. The third-order valence-electron chi connectivity index (χ3n) is 4.35. The summed E-state index contributed by atoms with van der Waals surface area (Å²) in [7, 11) is 0. The SMILES string of the molecule is Cc1nc(-c2ccccn2)sc1C(=O)N1CCN(CC(=O)NC(C)C)CC1. The van der Waals surface area contributed by atoms with Gasteiger partial charge in [-0.05, 0) is 32.9 Å². The summed E-state index contributed by atoms with van der Waals surface area (Å²) in [5.41, 5.74) is 1.52. The molecule has 2 aromatic rings. The van der Waals surface area contributed by atoms with E-state index in [0.29, 0.717) is 37.6 Å². The number of aryl methyl sites for hydroxylation is 1. The fourth-order valence-electron chi connectivity index (χ4n) is 3.02. The number of carbonyl (C=O) groups excluding carboxylic acids is 2. The second-order valence-corrected chi connectivity index (χ2v) is 7.94. The molecular weight excluding hydrogens is 362 g/mol. The van der Waals surface area contributed by atoms with Gasteiger partial charge in [-0.25, -0.2) is 4.98 Å². The summed E-state index contributed by atoms with van der Waals surface area (Å²) >= 11 is 1.39. The van der Waals surface area contributed by atoms with E-state index in [1.807, 2.05) is 43.9 Å². The van der Waals surface area contributed by atoms with Crippen molar-refractivity contribution in [1.82, 2.24) is 25.1 Å². The summed E-state index contributed by atoms with van der Waals surface area (Å²) < 4.78 is 0. The number of nitrogens with zero attached hydrogens (tertiary/aromatic N) is 4. The van der Waals surface area contributed by atoms with Crippen LogP contribution in [0.5, 0.6) is 0 Å². The van der Waals surface area contributed by atoms with Gasteiger partial charge in [-0.1, -0.05) is 6.07 Å². The monoisotopic (exact) mass is 387 g/mol. The maximum atomic E-state index is 12.9. The van der Waals surface area contributed by atoms with E-state index in [1.54, 1.807) is 6.20 Å². The molecule has 7 nitrogen and oxygen atoms in total. The van der Waals surface area contributed by atoms with E-state index in [2.05, 4.69) is 20.2 Å². The van der Waals surface area contributed by atoms with Crippen LogP contribution in [-0.4, -0.2) is 70.3 Å². The largest absolute Gasteiger partial charge is 0.353 e. The molecule has 27 heavy (non-hydrogen) atoms. The van der Waals surface area contributed by atoms with Crippen molar-refractivity contribution in [2.45, 2.75) is 26.8 Å². The Balaban J connectivity index is 1.60. The topological polar surface area (TPSA) is 78.4 Å². The van der Waals surface area contributed by atoms with Crippen molar-refractivity contribution in [3.05, 3.63) is 35.0 Å².